The average Bonchev–Trinajstić information content (AvgIpc) is 2.78. The number of rotatable bonds is 16. The zero-order valence-electron chi connectivity index (χ0n) is 19.2. The zero-order valence-corrected chi connectivity index (χ0v) is 19.2. The summed E-state index contributed by atoms with van der Waals surface area (Å²) in [6, 6.07) is 10.0. The second-order valence-electron chi connectivity index (χ2n) is 7.48. The molecule has 1 rings (SSSR count). The molecule has 0 radical (unpaired) electrons. The predicted octanol–water partition coefficient (Wildman–Crippen LogP) is 7.37. The Balaban J connectivity index is 0.00000161. The van der Waals surface area contributed by atoms with E-state index in [4.69, 9.17) is 9.84 Å². The van der Waals surface area contributed by atoms with E-state index in [1.165, 1.54) is 51.4 Å². The molecule has 0 saturated heterocycles. The lowest BCUT2D eigenvalue weighted by molar-refractivity contribution is -0.139. The molecule has 0 aliphatic carbocycles. The molecule has 4 nitrogen and oxygen atoms in total. The number of benzene rings is 1. The van der Waals surface area contributed by atoms with Crippen molar-refractivity contribution in [2.75, 3.05) is 6.61 Å². The van der Waals surface area contributed by atoms with Crippen LogP contribution in [0, 0.1) is 0 Å². The Hall–Kier alpha value is -2.62. The summed E-state index contributed by atoms with van der Waals surface area (Å²) in [5, 5.41) is 7.60. The van der Waals surface area contributed by atoms with Crippen molar-refractivity contribution in [2.24, 2.45) is 0 Å². The van der Waals surface area contributed by atoms with E-state index < -0.39 is 5.97 Å². The molecule has 0 bridgehead atoms. The van der Waals surface area contributed by atoms with Gasteiger partial charge in [0.05, 0.1) is 6.61 Å². The number of esters is 1. The maximum Gasteiger partial charge on any atom is 0.333 e. The van der Waals surface area contributed by atoms with Gasteiger partial charge in [-0.2, -0.15) is 0 Å². The van der Waals surface area contributed by atoms with Gasteiger partial charge in [0, 0.05) is 11.6 Å². The summed E-state index contributed by atoms with van der Waals surface area (Å²) in [7, 11) is 0. The first-order valence-corrected chi connectivity index (χ1v) is 11.4. The molecule has 4 heteroatoms. The Kier molecular flexibility index (Phi) is 18.9. The molecule has 0 fully saturated rings. The minimum Gasteiger partial charge on any atom is -0.478 e. The van der Waals surface area contributed by atoms with Crippen molar-refractivity contribution in [2.45, 2.75) is 77.6 Å². The molecule has 0 saturated carbocycles. The number of hydrogen-bond acceptors (Lipinski definition) is 3. The van der Waals surface area contributed by atoms with Gasteiger partial charge in [-0.25, -0.2) is 9.59 Å². The molecule has 31 heavy (non-hydrogen) atoms. The number of carboxylic acid groups (broad SMARTS) is 1. The molecule has 0 spiro atoms. The normalized spacial score (nSPS) is 10.2. The molecular formula is C27H40O4. The van der Waals surface area contributed by atoms with Gasteiger partial charge < -0.3 is 9.84 Å². The Bertz CT molecular complexity index is 646. The second-order valence-corrected chi connectivity index (χ2v) is 7.48. The van der Waals surface area contributed by atoms with Gasteiger partial charge in [0.1, 0.15) is 0 Å². The van der Waals surface area contributed by atoms with Gasteiger partial charge >= 0.3 is 11.9 Å². The summed E-state index contributed by atoms with van der Waals surface area (Å²) in [5.74, 6) is -1.25. The van der Waals surface area contributed by atoms with Crippen LogP contribution in [0.2, 0.25) is 0 Å². The van der Waals surface area contributed by atoms with E-state index in [2.05, 4.69) is 20.1 Å². The summed E-state index contributed by atoms with van der Waals surface area (Å²) in [6.45, 7) is 9.55. The third-order valence-electron chi connectivity index (χ3n) is 4.67. The van der Waals surface area contributed by atoms with Crippen LogP contribution in [0.15, 0.2) is 61.2 Å². The van der Waals surface area contributed by atoms with Gasteiger partial charge in [0.25, 0.3) is 0 Å². The number of hydrogen-bond donors (Lipinski definition) is 1. The highest BCUT2D eigenvalue weighted by atomic mass is 16.5. The fourth-order valence-electron chi connectivity index (χ4n) is 2.84. The van der Waals surface area contributed by atoms with Crippen molar-refractivity contribution in [3.8, 4) is 0 Å². The summed E-state index contributed by atoms with van der Waals surface area (Å²) >= 11 is 0. The lowest BCUT2D eigenvalue weighted by Crippen LogP contribution is -2.07. The topological polar surface area (TPSA) is 63.6 Å². The van der Waals surface area contributed by atoms with Gasteiger partial charge in [0.2, 0.25) is 0 Å². The van der Waals surface area contributed by atoms with Crippen LogP contribution >= 0.6 is 0 Å². The Morgan fingerprint density at radius 3 is 1.97 bits per heavy atom. The highest BCUT2D eigenvalue weighted by Gasteiger charge is 2.06. The summed E-state index contributed by atoms with van der Waals surface area (Å²) in [5.41, 5.74) is 1.64. The van der Waals surface area contributed by atoms with Crippen molar-refractivity contribution in [3.63, 3.8) is 0 Å². The third kappa shape index (κ3) is 19.1. The Morgan fingerprint density at radius 2 is 1.45 bits per heavy atom. The molecule has 1 N–H and O–H groups in total. The largest absolute Gasteiger partial charge is 0.478 e. The molecular weight excluding hydrogens is 388 g/mol. The molecule has 0 aliphatic heterocycles. The number of carbonyl (C=O) groups is 2. The van der Waals surface area contributed by atoms with Gasteiger partial charge in [-0.15, -0.1) is 0 Å². The molecule has 0 atom stereocenters. The number of allylic oxidation sites excluding steroid dienone is 1. The monoisotopic (exact) mass is 428 g/mol. The van der Waals surface area contributed by atoms with Crippen LogP contribution in [0.4, 0.5) is 0 Å². The quantitative estimate of drug-likeness (QED) is 0.170. The standard InChI is InChI=1S/C24H36O2.C3H4O2/c1-3-4-5-6-7-8-9-10-11-15-21-26-24(25)22(2)17-16-20-23-18-13-12-14-19-23;1-2-3(4)5/h12-14,16,18-20H,2-11,15,17,21H2,1H3;2H,1H2,(H,4,5). The van der Waals surface area contributed by atoms with Crippen molar-refractivity contribution >= 4 is 18.0 Å². The summed E-state index contributed by atoms with van der Waals surface area (Å²) in [6.07, 6.45) is 18.1. The van der Waals surface area contributed by atoms with Crippen LogP contribution in [-0.2, 0) is 14.3 Å². The van der Waals surface area contributed by atoms with Gasteiger partial charge in [-0.3, -0.25) is 0 Å². The van der Waals surface area contributed by atoms with E-state index in [0.29, 0.717) is 18.6 Å². The maximum atomic E-state index is 11.9. The van der Waals surface area contributed by atoms with Crippen LogP contribution < -0.4 is 0 Å². The molecule has 1 aromatic carbocycles. The van der Waals surface area contributed by atoms with Crippen LogP contribution in [0.1, 0.15) is 83.1 Å². The highest BCUT2D eigenvalue weighted by molar-refractivity contribution is 5.88. The van der Waals surface area contributed by atoms with E-state index in [0.717, 1.165) is 24.5 Å². The summed E-state index contributed by atoms with van der Waals surface area (Å²) < 4.78 is 5.31. The summed E-state index contributed by atoms with van der Waals surface area (Å²) in [4.78, 5) is 21.1. The number of unbranched alkanes of at least 4 members (excludes halogenated alkanes) is 9. The number of carboxylic acids is 1. The van der Waals surface area contributed by atoms with Crippen LogP contribution in [-0.4, -0.2) is 23.7 Å². The first-order chi connectivity index (χ1) is 15.0. The molecule has 0 heterocycles. The zero-order chi connectivity index (χ0) is 23.2. The highest BCUT2D eigenvalue weighted by Crippen LogP contribution is 2.11. The molecule has 0 unspecified atom stereocenters. The van der Waals surface area contributed by atoms with Crippen molar-refractivity contribution < 1.29 is 19.4 Å². The van der Waals surface area contributed by atoms with Crippen molar-refractivity contribution in [1.82, 2.24) is 0 Å². The van der Waals surface area contributed by atoms with E-state index in [9.17, 15) is 9.59 Å². The van der Waals surface area contributed by atoms with E-state index in [1.807, 2.05) is 42.5 Å². The lowest BCUT2D eigenvalue weighted by atomic mass is 10.1. The molecule has 0 aliphatic rings. The first-order valence-electron chi connectivity index (χ1n) is 11.4. The number of carbonyl (C=O) groups excluding carboxylic acids is 1. The van der Waals surface area contributed by atoms with Crippen LogP contribution in [0.3, 0.4) is 0 Å². The lowest BCUT2D eigenvalue weighted by Gasteiger charge is -2.06. The molecule has 0 amide bonds. The minimum absolute atomic E-state index is 0.265. The van der Waals surface area contributed by atoms with Gasteiger partial charge in [-0.1, -0.05) is 120 Å². The van der Waals surface area contributed by atoms with E-state index in [1.54, 1.807) is 0 Å². The molecule has 0 aromatic heterocycles. The number of ether oxygens (including phenoxy) is 1. The fourth-order valence-corrected chi connectivity index (χ4v) is 2.84. The van der Waals surface area contributed by atoms with Gasteiger partial charge in [-0.05, 0) is 18.4 Å². The molecule has 1 aromatic rings. The Morgan fingerprint density at radius 1 is 0.935 bits per heavy atom. The SMILES string of the molecule is C=C(CC=Cc1ccccc1)C(=O)OCCCCCCCCCCCC.C=CC(=O)O. The Labute approximate surface area is 188 Å². The maximum absolute atomic E-state index is 11.9. The first kappa shape index (κ1) is 28.4. The van der Waals surface area contributed by atoms with Crippen molar-refractivity contribution in [3.05, 3.63) is 66.8 Å². The smallest absolute Gasteiger partial charge is 0.333 e. The minimum atomic E-state index is -0.981. The number of aliphatic carboxylic acids is 1. The second kappa shape index (κ2) is 20.6. The fraction of sp³-hybridized carbons (Fsp3) is 0.481. The van der Waals surface area contributed by atoms with E-state index >= 15 is 0 Å². The predicted molar refractivity (Wildman–Crippen MR) is 130 cm³/mol. The third-order valence-corrected chi connectivity index (χ3v) is 4.67. The average molecular weight is 429 g/mol. The van der Waals surface area contributed by atoms with E-state index in [-0.39, 0.29) is 5.97 Å². The van der Waals surface area contributed by atoms with Gasteiger partial charge in [0.15, 0.2) is 0 Å². The van der Waals surface area contributed by atoms with Crippen molar-refractivity contribution in [1.29, 1.82) is 0 Å². The van der Waals surface area contributed by atoms with Crippen LogP contribution in [0.25, 0.3) is 6.08 Å². The molecule has 172 valence electrons. The van der Waals surface area contributed by atoms with Crippen LogP contribution in [0.5, 0.6) is 0 Å².